The van der Waals surface area contributed by atoms with Crippen LogP contribution in [0.5, 0.6) is 0 Å². The summed E-state index contributed by atoms with van der Waals surface area (Å²) < 4.78 is 11.4. The predicted octanol–water partition coefficient (Wildman–Crippen LogP) is 1.62. The zero-order valence-corrected chi connectivity index (χ0v) is 12.5. The smallest absolute Gasteiger partial charge is 0.410 e. The lowest BCUT2D eigenvalue weighted by Crippen LogP contribution is -2.50. The average molecular weight is 270 g/mol. The average Bonchev–Trinajstić information content (AvgIpc) is 2.81. The van der Waals surface area contributed by atoms with E-state index in [1.165, 1.54) is 0 Å². The normalized spacial score (nSPS) is 30.2. The molecule has 0 aromatic rings. The van der Waals surface area contributed by atoms with Gasteiger partial charge in [-0.05, 0) is 34.1 Å². The molecule has 19 heavy (non-hydrogen) atoms. The summed E-state index contributed by atoms with van der Waals surface area (Å²) >= 11 is 0. The zero-order valence-electron chi connectivity index (χ0n) is 12.5. The standard InChI is InChI=1S/C14H26N2O3/c1-5-16(12(17)19-13(2,3)4)10-14-9-15-8-11(14)6-7-18-14/h11,15H,5-10H2,1-4H3. The van der Waals surface area contributed by atoms with Gasteiger partial charge >= 0.3 is 6.09 Å². The molecule has 1 amide bonds. The fourth-order valence-electron chi connectivity index (χ4n) is 2.91. The summed E-state index contributed by atoms with van der Waals surface area (Å²) in [6.07, 6.45) is 0.837. The maximum Gasteiger partial charge on any atom is 0.410 e. The van der Waals surface area contributed by atoms with Gasteiger partial charge in [-0.15, -0.1) is 0 Å². The van der Waals surface area contributed by atoms with E-state index < -0.39 is 5.60 Å². The number of ether oxygens (including phenoxy) is 2. The summed E-state index contributed by atoms with van der Waals surface area (Å²) in [7, 11) is 0. The quantitative estimate of drug-likeness (QED) is 0.846. The van der Waals surface area contributed by atoms with Crippen molar-refractivity contribution < 1.29 is 14.3 Å². The van der Waals surface area contributed by atoms with Gasteiger partial charge in [-0.2, -0.15) is 0 Å². The van der Waals surface area contributed by atoms with Crippen LogP contribution < -0.4 is 5.32 Å². The van der Waals surface area contributed by atoms with Crippen LogP contribution in [0.15, 0.2) is 0 Å². The third-order valence-corrected chi connectivity index (χ3v) is 3.91. The molecule has 2 saturated heterocycles. The Balaban J connectivity index is 2.01. The highest BCUT2D eigenvalue weighted by Gasteiger charge is 2.49. The highest BCUT2D eigenvalue weighted by Crippen LogP contribution is 2.36. The number of carbonyl (C=O) groups excluding carboxylic acids is 1. The number of amides is 1. The fourth-order valence-corrected chi connectivity index (χ4v) is 2.91. The van der Waals surface area contributed by atoms with Crippen LogP contribution in [0.3, 0.4) is 0 Å². The molecule has 2 rings (SSSR count). The Morgan fingerprint density at radius 1 is 1.53 bits per heavy atom. The van der Waals surface area contributed by atoms with Crippen molar-refractivity contribution in [2.75, 3.05) is 32.8 Å². The Hall–Kier alpha value is -0.810. The number of fused-ring (bicyclic) bond motifs is 1. The zero-order chi connectivity index (χ0) is 14.1. The van der Waals surface area contributed by atoms with Crippen molar-refractivity contribution in [3.8, 4) is 0 Å². The molecular weight excluding hydrogens is 244 g/mol. The van der Waals surface area contributed by atoms with Crippen LogP contribution in [0.25, 0.3) is 0 Å². The second-order valence-electron chi connectivity index (χ2n) is 6.52. The topological polar surface area (TPSA) is 50.8 Å². The Morgan fingerprint density at radius 2 is 2.26 bits per heavy atom. The van der Waals surface area contributed by atoms with Crippen LogP contribution in [0.2, 0.25) is 0 Å². The molecule has 1 N–H and O–H groups in total. The molecule has 5 heteroatoms. The number of nitrogens with zero attached hydrogens (tertiary/aromatic N) is 1. The van der Waals surface area contributed by atoms with E-state index in [1.807, 2.05) is 27.7 Å². The van der Waals surface area contributed by atoms with E-state index in [4.69, 9.17) is 9.47 Å². The highest BCUT2D eigenvalue weighted by atomic mass is 16.6. The van der Waals surface area contributed by atoms with Crippen LogP contribution in [-0.4, -0.2) is 55.0 Å². The number of rotatable bonds is 3. The van der Waals surface area contributed by atoms with Crippen molar-refractivity contribution >= 4 is 6.09 Å². The molecule has 0 aromatic carbocycles. The number of hydrogen-bond acceptors (Lipinski definition) is 4. The summed E-state index contributed by atoms with van der Waals surface area (Å²) in [6.45, 7) is 11.5. The van der Waals surface area contributed by atoms with Crippen molar-refractivity contribution in [2.24, 2.45) is 5.92 Å². The van der Waals surface area contributed by atoms with E-state index in [0.717, 1.165) is 26.1 Å². The van der Waals surface area contributed by atoms with E-state index >= 15 is 0 Å². The van der Waals surface area contributed by atoms with Gasteiger partial charge in [-0.3, -0.25) is 0 Å². The molecule has 2 atom stereocenters. The van der Waals surface area contributed by atoms with Gasteiger partial charge in [0.15, 0.2) is 0 Å². The van der Waals surface area contributed by atoms with Crippen LogP contribution in [0.1, 0.15) is 34.1 Å². The minimum atomic E-state index is -0.452. The maximum absolute atomic E-state index is 12.2. The van der Waals surface area contributed by atoms with Crippen molar-refractivity contribution in [1.82, 2.24) is 10.2 Å². The number of carbonyl (C=O) groups is 1. The number of nitrogens with one attached hydrogen (secondary N) is 1. The summed E-state index contributed by atoms with van der Waals surface area (Å²) in [5, 5.41) is 3.38. The van der Waals surface area contributed by atoms with Crippen molar-refractivity contribution in [3.63, 3.8) is 0 Å². The minimum Gasteiger partial charge on any atom is -0.444 e. The SMILES string of the molecule is CCN(CC12CNCC1CCO2)C(=O)OC(C)(C)C. The van der Waals surface area contributed by atoms with Gasteiger partial charge in [-0.1, -0.05) is 0 Å². The van der Waals surface area contributed by atoms with E-state index in [9.17, 15) is 4.79 Å². The molecule has 2 heterocycles. The highest BCUT2D eigenvalue weighted by molar-refractivity contribution is 5.68. The monoisotopic (exact) mass is 270 g/mol. The van der Waals surface area contributed by atoms with Gasteiger partial charge in [0.25, 0.3) is 0 Å². The number of hydrogen-bond donors (Lipinski definition) is 1. The molecule has 0 radical (unpaired) electrons. The molecule has 2 fully saturated rings. The summed E-state index contributed by atoms with van der Waals surface area (Å²) in [5.41, 5.74) is -0.654. The van der Waals surface area contributed by atoms with Crippen molar-refractivity contribution in [2.45, 2.75) is 45.3 Å². The van der Waals surface area contributed by atoms with Crippen LogP contribution in [0.4, 0.5) is 4.79 Å². The first-order chi connectivity index (χ1) is 8.86. The molecule has 2 aliphatic heterocycles. The first-order valence-electron chi connectivity index (χ1n) is 7.19. The van der Waals surface area contributed by atoms with Crippen LogP contribution in [0, 0.1) is 5.92 Å². The lowest BCUT2D eigenvalue weighted by Gasteiger charge is -2.34. The lowest BCUT2D eigenvalue weighted by molar-refractivity contribution is -0.0339. The molecular formula is C14H26N2O3. The first kappa shape index (κ1) is 14.6. The molecule has 0 aliphatic carbocycles. The van der Waals surface area contributed by atoms with Crippen LogP contribution in [-0.2, 0) is 9.47 Å². The summed E-state index contributed by atoms with van der Waals surface area (Å²) in [5.74, 6) is 0.518. The van der Waals surface area contributed by atoms with E-state index in [2.05, 4.69) is 5.32 Å². The molecule has 5 nitrogen and oxygen atoms in total. The van der Waals surface area contributed by atoms with Gasteiger partial charge in [0.1, 0.15) is 11.2 Å². The van der Waals surface area contributed by atoms with E-state index in [0.29, 0.717) is 19.0 Å². The van der Waals surface area contributed by atoms with Crippen molar-refractivity contribution in [3.05, 3.63) is 0 Å². The number of likely N-dealkylation sites (N-methyl/N-ethyl adjacent to an activating group) is 1. The third-order valence-electron chi connectivity index (χ3n) is 3.91. The Bertz CT molecular complexity index is 328. The molecule has 0 aromatic heterocycles. The van der Waals surface area contributed by atoms with Gasteiger partial charge in [0.2, 0.25) is 0 Å². The van der Waals surface area contributed by atoms with Crippen molar-refractivity contribution in [1.29, 1.82) is 0 Å². The van der Waals surface area contributed by atoms with Gasteiger partial charge in [0, 0.05) is 32.2 Å². The Labute approximate surface area is 115 Å². The molecule has 0 bridgehead atoms. The largest absolute Gasteiger partial charge is 0.444 e. The summed E-state index contributed by atoms with van der Waals surface area (Å²) in [6, 6.07) is 0. The molecule has 110 valence electrons. The molecule has 0 spiro atoms. The second-order valence-corrected chi connectivity index (χ2v) is 6.52. The van der Waals surface area contributed by atoms with Gasteiger partial charge in [-0.25, -0.2) is 4.79 Å². The third kappa shape index (κ3) is 3.20. The van der Waals surface area contributed by atoms with Gasteiger partial charge in [0.05, 0.1) is 6.54 Å². The van der Waals surface area contributed by atoms with Gasteiger partial charge < -0.3 is 19.7 Å². The lowest BCUT2D eigenvalue weighted by atomic mass is 9.90. The minimum absolute atomic E-state index is 0.201. The molecule has 2 unspecified atom stereocenters. The fraction of sp³-hybridized carbons (Fsp3) is 0.929. The molecule has 0 saturated carbocycles. The predicted molar refractivity (Wildman–Crippen MR) is 73.1 cm³/mol. The molecule has 2 aliphatic rings. The van der Waals surface area contributed by atoms with Crippen LogP contribution >= 0.6 is 0 Å². The Morgan fingerprint density at radius 3 is 2.89 bits per heavy atom. The Kier molecular flexibility index (Phi) is 4.06. The van der Waals surface area contributed by atoms with E-state index in [-0.39, 0.29) is 11.7 Å². The summed E-state index contributed by atoms with van der Waals surface area (Å²) in [4.78, 5) is 14.0. The first-order valence-corrected chi connectivity index (χ1v) is 7.19. The second kappa shape index (κ2) is 5.29. The van der Waals surface area contributed by atoms with E-state index in [1.54, 1.807) is 4.90 Å². The maximum atomic E-state index is 12.2.